The van der Waals surface area contributed by atoms with Crippen LogP contribution in [0.15, 0.2) is 72.8 Å². The van der Waals surface area contributed by atoms with Crippen LogP contribution in [0.25, 0.3) is 0 Å². The van der Waals surface area contributed by atoms with Gasteiger partial charge in [-0.25, -0.2) is 4.79 Å². The second-order valence-electron chi connectivity index (χ2n) is 7.73. The van der Waals surface area contributed by atoms with Crippen LogP contribution in [0.4, 0.5) is 16.2 Å². The second-order valence-corrected chi connectivity index (χ2v) is 8.16. The standard InChI is InChI=1S/C25H23ClN2O3/c1-16-12-20(26)10-11-22(16)28-25(30)27-21-9-5-8-18(14-21)24-19(15-23(29)31-24)13-17-6-3-2-4-7-17/h2-12,14,19,24H,13,15H2,1H3,(H2,27,28,30). The first-order valence-corrected chi connectivity index (χ1v) is 10.5. The predicted molar refractivity (Wildman–Crippen MR) is 122 cm³/mol. The van der Waals surface area contributed by atoms with Gasteiger partial charge in [-0.15, -0.1) is 0 Å². The fourth-order valence-electron chi connectivity index (χ4n) is 3.89. The van der Waals surface area contributed by atoms with Crippen LogP contribution in [0.3, 0.4) is 0 Å². The topological polar surface area (TPSA) is 67.4 Å². The highest BCUT2D eigenvalue weighted by atomic mass is 35.5. The molecule has 0 saturated carbocycles. The van der Waals surface area contributed by atoms with E-state index >= 15 is 0 Å². The Morgan fingerprint density at radius 2 is 1.84 bits per heavy atom. The van der Waals surface area contributed by atoms with Gasteiger partial charge in [0.15, 0.2) is 0 Å². The third kappa shape index (κ3) is 5.25. The number of rotatable bonds is 5. The smallest absolute Gasteiger partial charge is 0.323 e. The number of carbonyl (C=O) groups is 2. The molecule has 1 fully saturated rings. The van der Waals surface area contributed by atoms with E-state index in [-0.39, 0.29) is 24.0 Å². The monoisotopic (exact) mass is 434 g/mol. The number of halogens is 1. The van der Waals surface area contributed by atoms with Crippen molar-refractivity contribution in [3.05, 3.63) is 94.5 Å². The molecule has 1 heterocycles. The molecule has 4 rings (SSSR count). The SMILES string of the molecule is Cc1cc(Cl)ccc1NC(=O)Nc1cccc(C2OC(=O)CC2Cc2ccccc2)c1. The molecule has 0 spiro atoms. The lowest BCUT2D eigenvalue weighted by Crippen LogP contribution is -2.20. The minimum Gasteiger partial charge on any atom is -0.457 e. The van der Waals surface area contributed by atoms with Crippen molar-refractivity contribution in [1.29, 1.82) is 0 Å². The molecule has 0 aliphatic carbocycles. The molecule has 158 valence electrons. The lowest BCUT2D eigenvalue weighted by molar-refractivity contribution is -0.141. The van der Waals surface area contributed by atoms with E-state index in [1.54, 1.807) is 24.3 Å². The zero-order valence-electron chi connectivity index (χ0n) is 17.1. The van der Waals surface area contributed by atoms with Crippen LogP contribution in [0.2, 0.25) is 5.02 Å². The molecule has 2 atom stereocenters. The van der Waals surface area contributed by atoms with Gasteiger partial charge in [-0.2, -0.15) is 0 Å². The Labute approximate surface area is 186 Å². The number of amides is 2. The third-order valence-corrected chi connectivity index (χ3v) is 5.60. The fourth-order valence-corrected chi connectivity index (χ4v) is 4.12. The van der Waals surface area contributed by atoms with Crippen molar-refractivity contribution in [2.75, 3.05) is 10.6 Å². The van der Waals surface area contributed by atoms with Crippen LogP contribution in [-0.2, 0) is 16.0 Å². The first kappa shape index (κ1) is 20.9. The zero-order chi connectivity index (χ0) is 21.8. The molecule has 3 aromatic carbocycles. The number of nitrogens with one attached hydrogen (secondary N) is 2. The van der Waals surface area contributed by atoms with Crippen molar-refractivity contribution in [2.24, 2.45) is 5.92 Å². The minimum atomic E-state index is -0.355. The molecule has 2 N–H and O–H groups in total. The maximum atomic E-state index is 12.5. The summed E-state index contributed by atoms with van der Waals surface area (Å²) in [6.45, 7) is 1.88. The molecule has 31 heavy (non-hydrogen) atoms. The Balaban J connectivity index is 1.46. The van der Waals surface area contributed by atoms with E-state index in [1.807, 2.05) is 43.3 Å². The summed E-state index contributed by atoms with van der Waals surface area (Å²) >= 11 is 5.97. The summed E-state index contributed by atoms with van der Waals surface area (Å²) in [6, 6.07) is 22.4. The summed E-state index contributed by atoms with van der Waals surface area (Å²) in [5, 5.41) is 6.30. The zero-order valence-corrected chi connectivity index (χ0v) is 17.9. The van der Waals surface area contributed by atoms with Gasteiger partial charge in [0.25, 0.3) is 0 Å². The number of hydrogen-bond donors (Lipinski definition) is 2. The third-order valence-electron chi connectivity index (χ3n) is 5.37. The highest BCUT2D eigenvalue weighted by Gasteiger charge is 2.36. The van der Waals surface area contributed by atoms with Gasteiger partial charge in [-0.1, -0.05) is 54.1 Å². The van der Waals surface area contributed by atoms with Crippen molar-refractivity contribution >= 4 is 35.0 Å². The van der Waals surface area contributed by atoms with E-state index in [1.165, 1.54) is 5.56 Å². The van der Waals surface area contributed by atoms with Crippen molar-refractivity contribution in [1.82, 2.24) is 0 Å². The molecule has 1 saturated heterocycles. The molecule has 5 nitrogen and oxygen atoms in total. The van der Waals surface area contributed by atoms with E-state index in [0.29, 0.717) is 22.8 Å². The van der Waals surface area contributed by atoms with Crippen molar-refractivity contribution < 1.29 is 14.3 Å². The molecule has 0 bridgehead atoms. The number of benzene rings is 3. The Morgan fingerprint density at radius 1 is 1.03 bits per heavy atom. The van der Waals surface area contributed by atoms with Gasteiger partial charge >= 0.3 is 12.0 Å². The van der Waals surface area contributed by atoms with Crippen LogP contribution in [0.5, 0.6) is 0 Å². The normalized spacial score (nSPS) is 17.8. The van der Waals surface area contributed by atoms with Crippen LogP contribution >= 0.6 is 11.6 Å². The molecule has 1 aliphatic heterocycles. The van der Waals surface area contributed by atoms with Crippen LogP contribution in [0, 0.1) is 12.8 Å². The van der Waals surface area contributed by atoms with Crippen LogP contribution in [-0.4, -0.2) is 12.0 Å². The fraction of sp³-hybridized carbons (Fsp3) is 0.200. The number of cyclic esters (lactones) is 1. The highest BCUT2D eigenvalue weighted by molar-refractivity contribution is 6.30. The number of esters is 1. The summed E-state index contributed by atoms with van der Waals surface area (Å²) in [7, 11) is 0. The molecular formula is C25H23ClN2O3. The lowest BCUT2D eigenvalue weighted by atomic mass is 9.89. The van der Waals surface area contributed by atoms with Crippen LogP contribution in [0.1, 0.15) is 29.2 Å². The maximum Gasteiger partial charge on any atom is 0.323 e. The minimum absolute atomic E-state index is 0.0516. The molecule has 2 amide bonds. The number of carbonyl (C=O) groups excluding carboxylic acids is 2. The number of ether oxygens (including phenoxy) is 1. The summed E-state index contributed by atoms with van der Waals surface area (Å²) in [5.74, 6) is -0.143. The van der Waals surface area contributed by atoms with E-state index < -0.39 is 0 Å². The summed E-state index contributed by atoms with van der Waals surface area (Å²) in [4.78, 5) is 24.5. The molecule has 2 unspecified atom stereocenters. The lowest BCUT2D eigenvalue weighted by Gasteiger charge is -2.19. The molecule has 6 heteroatoms. The van der Waals surface area contributed by atoms with Gasteiger partial charge in [0.1, 0.15) is 6.10 Å². The Kier molecular flexibility index (Phi) is 6.23. The molecule has 0 aromatic heterocycles. The first-order chi connectivity index (χ1) is 15.0. The van der Waals surface area contributed by atoms with Gasteiger partial charge < -0.3 is 15.4 Å². The summed E-state index contributed by atoms with van der Waals surface area (Å²) in [6.07, 6.45) is 0.801. The van der Waals surface area contributed by atoms with Gasteiger partial charge in [0, 0.05) is 22.3 Å². The van der Waals surface area contributed by atoms with E-state index in [4.69, 9.17) is 16.3 Å². The maximum absolute atomic E-state index is 12.5. The Bertz CT molecular complexity index is 1100. The predicted octanol–water partition coefficient (Wildman–Crippen LogP) is 6.14. The first-order valence-electron chi connectivity index (χ1n) is 10.2. The number of anilines is 2. The molecule has 3 aromatic rings. The van der Waals surface area contributed by atoms with Gasteiger partial charge in [0.05, 0.1) is 6.42 Å². The number of hydrogen-bond acceptors (Lipinski definition) is 3. The number of aryl methyl sites for hydroxylation is 1. The average molecular weight is 435 g/mol. The van der Waals surface area contributed by atoms with Gasteiger partial charge in [-0.3, -0.25) is 4.79 Å². The van der Waals surface area contributed by atoms with E-state index in [9.17, 15) is 9.59 Å². The Hall–Kier alpha value is -3.31. The highest BCUT2D eigenvalue weighted by Crippen LogP contribution is 2.38. The molecule has 1 aliphatic rings. The molecule has 0 radical (unpaired) electrons. The van der Waals surface area contributed by atoms with Gasteiger partial charge in [-0.05, 0) is 60.4 Å². The van der Waals surface area contributed by atoms with Crippen molar-refractivity contribution in [3.8, 4) is 0 Å². The van der Waals surface area contributed by atoms with Crippen LogP contribution < -0.4 is 10.6 Å². The number of urea groups is 1. The summed E-state index contributed by atoms with van der Waals surface area (Å²) in [5.41, 5.74) is 4.22. The van der Waals surface area contributed by atoms with Crippen molar-refractivity contribution in [2.45, 2.75) is 25.9 Å². The second kappa shape index (κ2) is 9.23. The van der Waals surface area contributed by atoms with Crippen molar-refractivity contribution in [3.63, 3.8) is 0 Å². The van der Waals surface area contributed by atoms with Gasteiger partial charge in [0.2, 0.25) is 0 Å². The summed E-state index contributed by atoms with van der Waals surface area (Å²) < 4.78 is 5.64. The van der Waals surface area contributed by atoms with E-state index in [2.05, 4.69) is 22.8 Å². The molecular weight excluding hydrogens is 412 g/mol. The Morgan fingerprint density at radius 3 is 2.61 bits per heavy atom. The quantitative estimate of drug-likeness (QED) is 0.474. The average Bonchev–Trinajstić information content (AvgIpc) is 3.11. The van der Waals surface area contributed by atoms with E-state index in [0.717, 1.165) is 17.5 Å². The largest absolute Gasteiger partial charge is 0.457 e.